The molecule has 6 heterocycles. The van der Waals surface area contributed by atoms with Crippen LogP contribution in [0.1, 0.15) is 89.0 Å². The molecule has 4 N–H and O–H groups in total. The van der Waals surface area contributed by atoms with Gasteiger partial charge in [0, 0.05) is 72.9 Å². The number of carbonyl (C=O) groups excluding carboxylic acids is 2. The number of fused-ring (bicyclic) bond motifs is 4. The maximum absolute atomic E-state index is 17.1. The fourth-order valence-electron chi connectivity index (χ4n) is 11.8. The second-order valence-corrected chi connectivity index (χ2v) is 20.0. The van der Waals surface area contributed by atoms with E-state index in [2.05, 4.69) is 36.7 Å². The SMILES string of the molecule is C#Cc1c(F)ccc2cc(O)cc(-c3ncc4c(N5CC6CCC(C5)N6)nc(OCC5(CC6CCC7(CC6)CCN(c6ccc(NC8CCC(=O)NC8=O)cc6F)CC7)CC5)nc4c3F)c12. The number of nitrogens with one attached hydrogen (secondary N) is 3. The molecule has 12 nitrogen and oxygen atoms in total. The number of hydrogen-bond donors (Lipinski definition) is 4. The lowest BCUT2D eigenvalue weighted by Crippen LogP contribution is -2.51. The third kappa shape index (κ3) is 8.01. The summed E-state index contributed by atoms with van der Waals surface area (Å²) in [6, 6.07) is 10.7. The molecule has 11 rings (SSSR count). The number of aromatic hydroxyl groups is 1. The number of rotatable bonds is 10. The van der Waals surface area contributed by atoms with Crippen molar-refractivity contribution in [2.75, 3.05) is 47.9 Å². The first-order chi connectivity index (χ1) is 31.9. The van der Waals surface area contributed by atoms with Crippen LogP contribution >= 0.6 is 0 Å². The lowest BCUT2D eigenvalue weighted by molar-refractivity contribution is -0.133. The summed E-state index contributed by atoms with van der Waals surface area (Å²) >= 11 is 0. The highest BCUT2D eigenvalue weighted by atomic mass is 19.1. The van der Waals surface area contributed by atoms with Gasteiger partial charge in [0.2, 0.25) is 11.8 Å². The fraction of sp³-hybridized carbons (Fsp3) is 0.471. The number of anilines is 3. The quantitative estimate of drug-likeness (QED) is 0.0797. The average Bonchev–Trinajstić information content (AvgIpc) is 4.00. The van der Waals surface area contributed by atoms with Gasteiger partial charge >= 0.3 is 6.01 Å². The molecule has 15 heteroatoms. The molecule has 3 atom stereocenters. The van der Waals surface area contributed by atoms with Gasteiger partial charge in [0.15, 0.2) is 5.82 Å². The number of halogens is 3. The highest BCUT2D eigenvalue weighted by molar-refractivity contribution is 6.03. The van der Waals surface area contributed by atoms with Gasteiger partial charge in [0.1, 0.15) is 40.5 Å². The third-order valence-electron chi connectivity index (χ3n) is 15.7. The van der Waals surface area contributed by atoms with Crippen molar-refractivity contribution in [2.45, 2.75) is 102 Å². The lowest BCUT2D eigenvalue weighted by atomic mass is 9.64. The third-order valence-corrected chi connectivity index (χ3v) is 15.7. The molecule has 2 bridgehead atoms. The molecule has 1 spiro atoms. The van der Waals surface area contributed by atoms with Gasteiger partial charge in [-0.3, -0.25) is 19.9 Å². The van der Waals surface area contributed by atoms with E-state index in [4.69, 9.17) is 21.1 Å². The standard InChI is InChI=1S/C51H53F3N8O4/c1-2-35-38(52)7-3-30-21-34(63)23-36(43(30)35)45-44(54)46-37(25-55-45)47(62-26-32-4-5-33(27-62)56-32)60-49(59-46)66-28-51(15-16-51)24-29-11-13-50(14-12-29)17-19-61(20-18-50)41-9-6-31(22-39(41)53)57-40-8-10-42(64)58-48(40)65/h1,3,6-7,9,21-23,25,29,32-33,40,56-57,63H,4-5,8,10-20,24,26-28H2,(H,58,64,65). The Morgan fingerprint density at radius 3 is 2.38 bits per heavy atom. The van der Waals surface area contributed by atoms with Crippen LogP contribution in [0.3, 0.4) is 0 Å². The van der Waals surface area contributed by atoms with Crippen molar-refractivity contribution in [3.05, 3.63) is 71.7 Å². The minimum atomic E-state index is -0.733. The van der Waals surface area contributed by atoms with Crippen molar-refractivity contribution in [3.63, 3.8) is 0 Å². The monoisotopic (exact) mass is 898 g/mol. The van der Waals surface area contributed by atoms with E-state index < -0.39 is 17.7 Å². The Kier molecular flexibility index (Phi) is 10.7. The second-order valence-electron chi connectivity index (χ2n) is 20.0. The normalized spacial score (nSPS) is 23.6. The van der Waals surface area contributed by atoms with Crippen LogP contribution in [0.5, 0.6) is 11.8 Å². The van der Waals surface area contributed by atoms with E-state index >= 15 is 13.2 Å². The number of piperidine rings is 2. The smallest absolute Gasteiger partial charge is 0.319 e. The van der Waals surface area contributed by atoms with E-state index in [-0.39, 0.29) is 74.4 Å². The maximum Gasteiger partial charge on any atom is 0.319 e. The number of terminal acetylenes is 1. The van der Waals surface area contributed by atoms with Crippen LogP contribution in [0.25, 0.3) is 32.9 Å². The zero-order valence-electron chi connectivity index (χ0n) is 36.8. The van der Waals surface area contributed by atoms with Crippen molar-refractivity contribution >= 4 is 50.7 Å². The maximum atomic E-state index is 17.1. The van der Waals surface area contributed by atoms with Crippen LogP contribution in [0.2, 0.25) is 0 Å². The number of nitrogens with zero attached hydrogens (tertiary/aromatic N) is 5. The Balaban J connectivity index is 0.769. The number of imide groups is 1. The summed E-state index contributed by atoms with van der Waals surface area (Å²) in [6.45, 7) is 3.41. The number of piperazine rings is 1. The van der Waals surface area contributed by atoms with Gasteiger partial charge in [-0.05, 0) is 130 Å². The molecule has 66 heavy (non-hydrogen) atoms. The van der Waals surface area contributed by atoms with Gasteiger partial charge < -0.3 is 30.3 Å². The predicted octanol–water partition coefficient (Wildman–Crippen LogP) is 8.13. The number of aromatic nitrogens is 3. The molecule has 4 saturated heterocycles. The molecular formula is C51H53F3N8O4. The van der Waals surface area contributed by atoms with Crippen LogP contribution in [0.15, 0.2) is 48.7 Å². The topological polar surface area (TPSA) is 145 Å². The summed E-state index contributed by atoms with van der Waals surface area (Å²) in [5.74, 6) is 1.05. The van der Waals surface area contributed by atoms with E-state index in [1.54, 1.807) is 12.3 Å². The van der Waals surface area contributed by atoms with Crippen LogP contribution in [-0.2, 0) is 9.59 Å². The minimum absolute atomic E-state index is 0.0000519. The second kappa shape index (κ2) is 16.6. The van der Waals surface area contributed by atoms with Gasteiger partial charge in [0.05, 0.1) is 23.2 Å². The van der Waals surface area contributed by atoms with Crippen LogP contribution in [0.4, 0.5) is 30.4 Å². The molecule has 0 radical (unpaired) electrons. The Labute approximate surface area is 381 Å². The number of phenols is 1. The molecule has 2 aromatic heterocycles. The molecule has 2 saturated carbocycles. The van der Waals surface area contributed by atoms with Crippen molar-refractivity contribution < 1.29 is 32.6 Å². The summed E-state index contributed by atoms with van der Waals surface area (Å²) < 4.78 is 54.1. The van der Waals surface area contributed by atoms with E-state index in [9.17, 15) is 14.7 Å². The van der Waals surface area contributed by atoms with E-state index in [1.807, 2.05) is 6.07 Å². The lowest BCUT2D eigenvalue weighted by Gasteiger charge is -2.47. The van der Waals surface area contributed by atoms with E-state index in [0.717, 1.165) is 83.7 Å². The van der Waals surface area contributed by atoms with Gasteiger partial charge in [-0.1, -0.05) is 12.0 Å². The van der Waals surface area contributed by atoms with Crippen LogP contribution in [-0.4, -0.2) is 82.8 Å². The first-order valence-electron chi connectivity index (χ1n) is 23.5. The highest BCUT2D eigenvalue weighted by Gasteiger charge is 2.47. The number of benzene rings is 3. The van der Waals surface area contributed by atoms with E-state index in [1.165, 1.54) is 30.3 Å². The first kappa shape index (κ1) is 42.5. The molecule has 6 fully saturated rings. The van der Waals surface area contributed by atoms with Crippen molar-refractivity contribution in [1.29, 1.82) is 0 Å². The molecule has 2 aliphatic carbocycles. The number of ether oxygens (including phenoxy) is 1. The van der Waals surface area contributed by atoms with Crippen molar-refractivity contribution in [1.82, 2.24) is 25.6 Å². The summed E-state index contributed by atoms with van der Waals surface area (Å²) in [7, 11) is 0. The predicted molar refractivity (Wildman–Crippen MR) is 246 cm³/mol. The first-order valence-corrected chi connectivity index (χ1v) is 23.5. The largest absolute Gasteiger partial charge is 0.508 e. The molecule has 342 valence electrons. The van der Waals surface area contributed by atoms with Crippen molar-refractivity contribution in [2.24, 2.45) is 16.7 Å². The Hall–Kier alpha value is -6.14. The molecule has 3 aromatic carbocycles. The highest BCUT2D eigenvalue weighted by Crippen LogP contribution is 2.55. The zero-order valence-corrected chi connectivity index (χ0v) is 36.8. The molecule has 5 aromatic rings. The Bertz CT molecular complexity index is 2800. The summed E-state index contributed by atoms with van der Waals surface area (Å²) in [5.41, 5.74) is 1.40. The number of carbonyl (C=O) groups is 2. The van der Waals surface area contributed by atoms with Gasteiger partial charge in [0.25, 0.3) is 0 Å². The molecular weight excluding hydrogens is 846 g/mol. The summed E-state index contributed by atoms with van der Waals surface area (Å²) in [6.07, 6.45) is 19.8. The minimum Gasteiger partial charge on any atom is -0.508 e. The van der Waals surface area contributed by atoms with Gasteiger partial charge in [-0.2, -0.15) is 9.97 Å². The molecule has 2 amide bonds. The average molecular weight is 899 g/mol. The molecule has 3 unspecified atom stereocenters. The van der Waals surface area contributed by atoms with Gasteiger partial charge in [-0.25, -0.2) is 13.2 Å². The molecule has 6 aliphatic rings. The fourth-order valence-corrected chi connectivity index (χ4v) is 11.8. The van der Waals surface area contributed by atoms with Crippen molar-refractivity contribution in [3.8, 4) is 35.4 Å². The number of hydrogen-bond acceptors (Lipinski definition) is 11. The Morgan fingerprint density at radius 1 is 0.894 bits per heavy atom. The van der Waals surface area contributed by atoms with Gasteiger partial charge in [-0.15, -0.1) is 6.42 Å². The summed E-state index contributed by atoms with van der Waals surface area (Å²) in [5, 5.41) is 20.9. The van der Waals surface area contributed by atoms with Crippen LogP contribution in [0, 0.1) is 46.5 Å². The Morgan fingerprint density at radius 2 is 1.67 bits per heavy atom. The summed E-state index contributed by atoms with van der Waals surface area (Å²) in [4.78, 5) is 42.3. The molecule has 4 aliphatic heterocycles. The van der Waals surface area contributed by atoms with Crippen LogP contribution < -0.4 is 30.5 Å². The van der Waals surface area contributed by atoms with E-state index in [0.29, 0.717) is 72.1 Å². The zero-order chi connectivity index (χ0) is 45.3. The number of amides is 2. The number of phenolic OH excluding ortho intramolecular Hbond substituents is 1. The number of pyridine rings is 1.